The van der Waals surface area contributed by atoms with E-state index in [0.717, 1.165) is 5.75 Å². The maximum absolute atomic E-state index is 11.8. The Balaban J connectivity index is 2.71. The Kier molecular flexibility index (Phi) is 6.67. The van der Waals surface area contributed by atoms with Gasteiger partial charge in [-0.05, 0) is 45.5 Å². The topological polar surface area (TPSA) is 77.2 Å². The van der Waals surface area contributed by atoms with Crippen LogP contribution in [0.3, 0.4) is 0 Å². The molecule has 0 aliphatic carbocycles. The number of nitrogens with one attached hydrogen (secondary N) is 1. The van der Waals surface area contributed by atoms with Crippen LogP contribution in [-0.2, 0) is 4.74 Å². The minimum atomic E-state index is -0.534. The highest BCUT2D eigenvalue weighted by Gasteiger charge is 2.24. The van der Waals surface area contributed by atoms with Crippen LogP contribution in [0.1, 0.15) is 39.1 Å². The Hall–Kier alpha value is -0.890. The standard InChI is InChI=1S/C12H21N3O3S2/c1-12(2,3)18-10(16)13-8(6-7-19-4)9-14-15-11(17-9)20-5/h8H,6-7H2,1-5H3,(H,13,16). The van der Waals surface area contributed by atoms with E-state index >= 15 is 0 Å². The Morgan fingerprint density at radius 3 is 2.60 bits per heavy atom. The maximum atomic E-state index is 11.8. The number of carbonyl (C=O) groups is 1. The van der Waals surface area contributed by atoms with Gasteiger partial charge >= 0.3 is 6.09 Å². The molecule has 6 nitrogen and oxygen atoms in total. The summed E-state index contributed by atoms with van der Waals surface area (Å²) >= 11 is 3.06. The summed E-state index contributed by atoms with van der Waals surface area (Å²) in [6.45, 7) is 5.46. The van der Waals surface area contributed by atoms with Crippen molar-refractivity contribution in [2.75, 3.05) is 18.3 Å². The largest absolute Gasteiger partial charge is 0.444 e. The molecule has 0 saturated heterocycles. The molecule has 1 aromatic rings. The Morgan fingerprint density at radius 1 is 1.40 bits per heavy atom. The van der Waals surface area contributed by atoms with Crippen LogP contribution in [0.15, 0.2) is 9.64 Å². The normalized spacial score (nSPS) is 13.1. The van der Waals surface area contributed by atoms with Gasteiger partial charge in [0, 0.05) is 0 Å². The summed E-state index contributed by atoms with van der Waals surface area (Å²) in [6, 6.07) is -0.328. The number of thioether (sulfide) groups is 2. The first-order valence-electron chi connectivity index (χ1n) is 6.21. The van der Waals surface area contributed by atoms with Crippen molar-refractivity contribution in [2.45, 2.75) is 44.1 Å². The lowest BCUT2D eigenvalue weighted by Crippen LogP contribution is -2.35. The van der Waals surface area contributed by atoms with Crippen LogP contribution in [0, 0.1) is 0 Å². The number of carbonyl (C=O) groups excluding carboxylic acids is 1. The zero-order chi connectivity index (χ0) is 15.2. The van der Waals surface area contributed by atoms with Gasteiger partial charge < -0.3 is 14.5 Å². The van der Waals surface area contributed by atoms with E-state index < -0.39 is 11.7 Å². The van der Waals surface area contributed by atoms with Crippen molar-refractivity contribution in [3.63, 3.8) is 0 Å². The number of rotatable bonds is 6. The molecule has 1 N–H and O–H groups in total. The molecule has 0 radical (unpaired) electrons. The zero-order valence-electron chi connectivity index (χ0n) is 12.4. The van der Waals surface area contributed by atoms with Gasteiger partial charge in [0.15, 0.2) is 0 Å². The Bertz CT molecular complexity index is 432. The van der Waals surface area contributed by atoms with Gasteiger partial charge in [-0.1, -0.05) is 11.8 Å². The summed E-state index contributed by atoms with van der Waals surface area (Å²) in [5.41, 5.74) is -0.534. The van der Waals surface area contributed by atoms with Gasteiger partial charge in [-0.15, -0.1) is 10.2 Å². The van der Waals surface area contributed by atoms with Crippen LogP contribution in [0.4, 0.5) is 4.79 Å². The average molecular weight is 319 g/mol. The van der Waals surface area contributed by atoms with E-state index in [4.69, 9.17) is 9.15 Å². The molecule has 0 aliphatic rings. The minimum Gasteiger partial charge on any atom is -0.444 e. The molecular formula is C12H21N3O3S2. The molecule has 0 saturated carbocycles. The molecule has 0 bridgehead atoms. The molecule has 0 aliphatic heterocycles. The third-order valence-corrected chi connectivity index (χ3v) is 3.35. The number of nitrogens with zero attached hydrogens (tertiary/aromatic N) is 2. The van der Waals surface area contributed by atoms with E-state index in [0.29, 0.717) is 17.5 Å². The summed E-state index contributed by atoms with van der Waals surface area (Å²) in [5.74, 6) is 1.28. The van der Waals surface area contributed by atoms with E-state index in [9.17, 15) is 4.79 Å². The molecule has 0 spiro atoms. The highest BCUT2D eigenvalue weighted by atomic mass is 32.2. The summed E-state index contributed by atoms with van der Waals surface area (Å²) in [6.07, 6.45) is 4.09. The van der Waals surface area contributed by atoms with Gasteiger partial charge in [0.05, 0.1) is 0 Å². The number of alkyl carbamates (subject to hydrolysis) is 1. The van der Waals surface area contributed by atoms with Gasteiger partial charge in [-0.2, -0.15) is 11.8 Å². The molecule has 1 amide bonds. The van der Waals surface area contributed by atoms with Crippen LogP contribution in [0.2, 0.25) is 0 Å². The van der Waals surface area contributed by atoms with Crippen LogP contribution in [0.5, 0.6) is 0 Å². The second-order valence-corrected chi connectivity index (χ2v) is 6.83. The average Bonchev–Trinajstić information content (AvgIpc) is 2.80. The van der Waals surface area contributed by atoms with Gasteiger partial charge in [0.25, 0.3) is 5.22 Å². The van der Waals surface area contributed by atoms with Crippen molar-refractivity contribution in [2.24, 2.45) is 0 Å². The molecule has 1 unspecified atom stereocenters. The smallest absolute Gasteiger partial charge is 0.408 e. The fourth-order valence-electron chi connectivity index (χ4n) is 1.39. The van der Waals surface area contributed by atoms with Crippen LogP contribution in [-0.4, -0.2) is 40.2 Å². The predicted molar refractivity (Wildman–Crippen MR) is 81.2 cm³/mol. The fourth-order valence-corrected chi connectivity index (χ4v) is 2.15. The van der Waals surface area contributed by atoms with Crippen molar-refractivity contribution in [1.82, 2.24) is 15.5 Å². The van der Waals surface area contributed by atoms with E-state index in [2.05, 4.69) is 15.5 Å². The second-order valence-electron chi connectivity index (χ2n) is 5.09. The third-order valence-electron chi connectivity index (χ3n) is 2.20. The van der Waals surface area contributed by atoms with Gasteiger partial charge in [-0.25, -0.2) is 4.79 Å². The summed E-state index contributed by atoms with van der Waals surface area (Å²) in [5, 5.41) is 11.1. The first-order valence-corrected chi connectivity index (χ1v) is 8.83. The number of hydrogen-bond donors (Lipinski definition) is 1. The minimum absolute atomic E-state index is 0.328. The van der Waals surface area contributed by atoms with E-state index in [-0.39, 0.29) is 6.04 Å². The van der Waals surface area contributed by atoms with Gasteiger partial charge in [0.1, 0.15) is 11.6 Å². The Labute approximate surface area is 127 Å². The van der Waals surface area contributed by atoms with Crippen molar-refractivity contribution in [1.29, 1.82) is 0 Å². The number of hydrogen-bond acceptors (Lipinski definition) is 7. The SMILES string of the molecule is CSCCC(NC(=O)OC(C)(C)C)c1nnc(SC)o1. The first-order chi connectivity index (χ1) is 9.35. The monoisotopic (exact) mass is 319 g/mol. The number of amides is 1. The zero-order valence-corrected chi connectivity index (χ0v) is 14.1. The first kappa shape index (κ1) is 17.2. The van der Waals surface area contributed by atoms with Crippen molar-refractivity contribution in [3.8, 4) is 0 Å². The number of ether oxygens (including phenoxy) is 1. The van der Waals surface area contributed by atoms with E-state index in [1.165, 1.54) is 11.8 Å². The molecule has 1 rings (SSSR count). The van der Waals surface area contributed by atoms with Crippen LogP contribution < -0.4 is 5.32 Å². The highest BCUT2D eigenvalue weighted by Crippen LogP contribution is 2.21. The molecular weight excluding hydrogens is 298 g/mol. The summed E-state index contributed by atoms with van der Waals surface area (Å²) < 4.78 is 10.7. The fraction of sp³-hybridized carbons (Fsp3) is 0.750. The third kappa shape index (κ3) is 6.04. The number of aromatic nitrogens is 2. The maximum Gasteiger partial charge on any atom is 0.408 e. The molecule has 114 valence electrons. The van der Waals surface area contributed by atoms with Crippen molar-refractivity contribution >= 4 is 29.6 Å². The Morgan fingerprint density at radius 2 is 2.10 bits per heavy atom. The van der Waals surface area contributed by atoms with Crippen molar-refractivity contribution in [3.05, 3.63) is 5.89 Å². The second kappa shape index (κ2) is 7.78. The molecule has 1 heterocycles. The molecule has 0 aromatic carbocycles. The molecule has 20 heavy (non-hydrogen) atoms. The predicted octanol–water partition coefficient (Wildman–Crippen LogP) is 3.11. The van der Waals surface area contributed by atoms with Crippen molar-refractivity contribution < 1.29 is 13.9 Å². The lowest BCUT2D eigenvalue weighted by molar-refractivity contribution is 0.0493. The van der Waals surface area contributed by atoms with Crippen LogP contribution >= 0.6 is 23.5 Å². The molecule has 0 fully saturated rings. The van der Waals surface area contributed by atoms with E-state index in [1.54, 1.807) is 11.8 Å². The molecule has 1 aromatic heterocycles. The molecule has 1 atom stereocenters. The lowest BCUT2D eigenvalue weighted by Gasteiger charge is -2.22. The van der Waals surface area contributed by atoms with E-state index in [1.807, 2.05) is 33.3 Å². The highest BCUT2D eigenvalue weighted by molar-refractivity contribution is 7.98. The van der Waals surface area contributed by atoms with Crippen LogP contribution in [0.25, 0.3) is 0 Å². The summed E-state index contributed by atoms with van der Waals surface area (Å²) in [4.78, 5) is 11.8. The van der Waals surface area contributed by atoms with Gasteiger partial charge in [0.2, 0.25) is 5.89 Å². The molecule has 8 heteroatoms. The quantitative estimate of drug-likeness (QED) is 0.807. The summed E-state index contributed by atoms with van der Waals surface area (Å²) in [7, 11) is 0. The van der Waals surface area contributed by atoms with Gasteiger partial charge in [-0.3, -0.25) is 0 Å². The lowest BCUT2D eigenvalue weighted by atomic mass is 10.2.